The Morgan fingerprint density at radius 3 is 2.68 bits per heavy atom. The highest BCUT2D eigenvalue weighted by atomic mass is 32.2. The Labute approximate surface area is 118 Å². The lowest BCUT2D eigenvalue weighted by atomic mass is 9.95. The molecular weight excluding hydrogens is 282 g/mol. The molecule has 0 aliphatic heterocycles. The van der Waals surface area contributed by atoms with Gasteiger partial charge in [0.1, 0.15) is 10.3 Å². The van der Waals surface area contributed by atoms with Gasteiger partial charge >= 0.3 is 0 Å². The van der Waals surface area contributed by atoms with E-state index in [0.29, 0.717) is 0 Å². The van der Waals surface area contributed by atoms with E-state index in [4.69, 9.17) is 0 Å². The molecule has 0 bridgehead atoms. The average molecular weight is 301 g/mol. The maximum atomic E-state index is 12.2. The van der Waals surface area contributed by atoms with Gasteiger partial charge in [0, 0.05) is 0 Å². The van der Waals surface area contributed by atoms with Gasteiger partial charge in [0.25, 0.3) is 0 Å². The fourth-order valence-electron chi connectivity index (χ4n) is 1.64. The molecule has 0 aliphatic rings. The van der Waals surface area contributed by atoms with Crippen LogP contribution in [0.4, 0.5) is 0 Å². The zero-order valence-corrected chi connectivity index (χ0v) is 12.9. The van der Waals surface area contributed by atoms with Gasteiger partial charge < -0.3 is 5.11 Å². The first kappa shape index (κ1) is 16.2. The highest BCUT2D eigenvalue weighted by Crippen LogP contribution is 2.19. The minimum Gasteiger partial charge on any atom is -0.379 e. The van der Waals surface area contributed by atoms with Crippen molar-refractivity contribution in [3.63, 3.8) is 0 Å². The molecule has 2 N–H and O–H groups in total. The minimum absolute atomic E-state index is 0.00872. The molecule has 0 saturated heterocycles. The van der Waals surface area contributed by atoms with Gasteiger partial charge in [-0.05, 0) is 24.3 Å². The van der Waals surface area contributed by atoms with Gasteiger partial charge in [-0.15, -0.1) is 17.3 Å². The van der Waals surface area contributed by atoms with Gasteiger partial charge in [-0.25, -0.2) is 13.1 Å². The molecule has 0 spiro atoms. The highest BCUT2D eigenvalue weighted by molar-refractivity contribution is 7.91. The van der Waals surface area contributed by atoms with Crippen LogP contribution in [-0.2, 0) is 10.0 Å². The van der Waals surface area contributed by atoms with Crippen LogP contribution in [0.1, 0.15) is 27.2 Å². The van der Waals surface area contributed by atoms with E-state index in [0.717, 1.165) is 17.8 Å². The molecule has 0 aliphatic carbocycles. The quantitative estimate of drug-likeness (QED) is 0.788. The third-order valence-corrected chi connectivity index (χ3v) is 5.80. The summed E-state index contributed by atoms with van der Waals surface area (Å²) in [6.07, 6.45) is -0.255. The molecular formula is C13H19NO3S2. The molecule has 0 saturated carbocycles. The number of aliphatic hydroxyl groups is 1. The number of hydrogen-bond acceptors (Lipinski definition) is 4. The second kappa shape index (κ2) is 7.06. The average Bonchev–Trinajstić information content (AvgIpc) is 2.90. The van der Waals surface area contributed by atoms with Crippen molar-refractivity contribution in [2.75, 3.05) is 0 Å². The molecule has 4 nitrogen and oxygen atoms in total. The molecule has 0 aromatic carbocycles. The Hall–Kier alpha value is -0.870. The maximum absolute atomic E-state index is 12.2. The zero-order valence-electron chi connectivity index (χ0n) is 11.3. The smallest absolute Gasteiger partial charge is 0.250 e. The maximum Gasteiger partial charge on any atom is 0.250 e. The number of sulfonamides is 1. The standard InChI is InChI=1S/C13H19NO3S2/c1-4-7-11(15)13(10(3)5-2)14-19(16,17)12-8-6-9-18-12/h6,8-11,13-15H,5H2,1-3H3/t10-,11?,13?/m0/s1. The van der Waals surface area contributed by atoms with E-state index in [1.165, 1.54) is 0 Å². The number of rotatable bonds is 6. The number of hydrogen-bond donors (Lipinski definition) is 2. The molecule has 0 radical (unpaired) electrons. The van der Waals surface area contributed by atoms with E-state index < -0.39 is 22.2 Å². The largest absolute Gasteiger partial charge is 0.379 e. The van der Waals surface area contributed by atoms with Gasteiger partial charge in [0.15, 0.2) is 0 Å². The Bertz CT molecular complexity index is 540. The predicted molar refractivity (Wildman–Crippen MR) is 77.3 cm³/mol. The van der Waals surface area contributed by atoms with Crippen LogP contribution in [0.25, 0.3) is 0 Å². The Morgan fingerprint density at radius 2 is 2.21 bits per heavy atom. The van der Waals surface area contributed by atoms with E-state index in [1.54, 1.807) is 24.4 Å². The lowest BCUT2D eigenvalue weighted by molar-refractivity contribution is 0.161. The minimum atomic E-state index is -3.59. The second-order valence-electron chi connectivity index (χ2n) is 4.30. The molecule has 1 aromatic rings. The number of thiophene rings is 1. The van der Waals surface area contributed by atoms with Crippen molar-refractivity contribution in [3.05, 3.63) is 17.5 Å². The van der Waals surface area contributed by atoms with Gasteiger partial charge in [0.05, 0.1) is 6.04 Å². The molecule has 1 heterocycles. The van der Waals surface area contributed by atoms with Crippen molar-refractivity contribution in [2.24, 2.45) is 5.92 Å². The van der Waals surface area contributed by atoms with Crippen molar-refractivity contribution in [1.29, 1.82) is 0 Å². The fourth-order valence-corrected chi connectivity index (χ4v) is 4.00. The van der Waals surface area contributed by atoms with Crippen molar-refractivity contribution < 1.29 is 13.5 Å². The summed E-state index contributed by atoms with van der Waals surface area (Å²) in [6, 6.07) is 2.61. The Balaban J connectivity index is 2.97. The molecule has 3 atom stereocenters. The van der Waals surface area contributed by atoms with Gasteiger partial charge in [-0.3, -0.25) is 0 Å². The summed E-state index contributed by atoms with van der Waals surface area (Å²) >= 11 is 1.15. The summed E-state index contributed by atoms with van der Waals surface area (Å²) in [5.41, 5.74) is 0. The second-order valence-corrected chi connectivity index (χ2v) is 7.19. The van der Waals surface area contributed by atoms with Gasteiger partial charge in [-0.2, -0.15) is 0 Å². The van der Waals surface area contributed by atoms with Crippen molar-refractivity contribution in [3.8, 4) is 11.8 Å². The van der Waals surface area contributed by atoms with Crippen LogP contribution in [0.2, 0.25) is 0 Å². The summed E-state index contributed by atoms with van der Waals surface area (Å²) in [7, 11) is -3.59. The molecule has 1 aromatic heterocycles. The van der Waals surface area contributed by atoms with Crippen LogP contribution in [-0.4, -0.2) is 25.7 Å². The van der Waals surface area contributed by atoms with Gasteiger partial charge in [-0.1, -0.05) is 32.3 Å². The summed E-state index contributed by atoms with van der Waals surface area (Å²) < 4.78 is 27.2. The van der Waals surface area contributed by atoms with Crippen molar-refractivity contribution in [2.45, 2.75) is 43.5 Å². The van der Waals surface area contributed by atoms with Crippen molar-refractivity contribution >= 4 is 21.4 Å². The van der Waals surface area contributed by atoms with E-state index in [1.807, 2.05) is 13.8 Å². The molecule has 6 heteroatoms. The van der Waals surface area contributed by atoms with Crippen LogP contribution in [0.5, 0.6) is 0 Å². The van der Waals surface area contributed by atoms with Crippen LogP contribution >= 0.6 is 11.3 Å². The first-order valence-electron chi connectivity index (χ1n) is 6.08. The van der Waals surface area contributed by atoms with E-state index >= 15 is 0 Å². The summed E-state index contributed by atoms with van der Waals surface area (Å²) in [5, 5.41) is 11.7. The van der Waals surface area contributed by atoms with E-state index in [9.17, 15) is 13.5 Å². The monoisotopic (exact) mass is 301 g/mol. The van der Waals surface area contributed by atoms with E-state index in [2.05, 4.69) is 16.6 Å². The molecule has 2 unspecified atom stereocenters. The summed E-state index contributed by atoms with van der Waals surface area (Å²) in [6.45, 7) is 5.45. The topological polar surface area (TPSA) is 66.4 Å². The SMILES string of the molecule is CC#CC(O)C(NS(=O)(=O)c1cccs1)[C@@H](C)CC. The van der Waals surface area contributed by atoms with Crippen LogP contribution in [0, 0.1) is 17.8 Å². The fraction of sp³-hybridized carbons (Fsp3) is 0.538. The number of aliphatic hydroxyl groups excluding tert-OH is 1. The third kappa shape index (κ3) is 4.32. The molecule has 0 fully saturated rings. The molecule has 0 amide bonds. The van der Waals surface area contributed by atoms with Crippen LogP contribution in [0.15, 0.2) is 21.7 Å². The molecule has 19 heavy (non-hydrogen) atoms. The Morgan fingerprint density at radius 1 is 1.53 bits per heavy atom. The van der Waals surface area contributed by atoms with Crippen LogP contribution < -0.4 is 4.72 Å². The summed E-state index contributed by atoms with van der Waals surface area (Å²) in [5.74, 6) is 5.22. The zero-order chi connectivity index (χ0) is 14.5. The summed E-state index contributed by atoms with van der Waals surface area (Å²) in [4.78, 5) is 0. The lowest BCUT2D eigenvalue weighted by Crippen LogP contribution is -2.46. The number of nitrogens with one attached hydrogen (secondary N) is 1. The van der Waals surface area contributed by atoms with Crippen LogP contribution in [0.3, 0.4) is 0 Å². The Kier molecular flexibility index (Phi) is 6.01. The highest BCUT2D eigenvalue weighted by Gasteiger charge is 2.29. The van der Waals surface area contributed by atoms with Gasteiger partial charge in [0.2, 0.25) is 10.0 Å². The normalized spacial score (nSPS) is 16.2. The van der Waals surface area contributed by atoms with Crippen molar-refractivity contribution in [1.82, 2.24) is 4.72 Å². The predicted octanol–water partition coefficient (Wildman–Crippen LogP) is 1.83. The first-order chi connectivity index (χ1) is 8.92. The molecule has 106 valence electrons. The third-order valence-electron chi connectivity index (χ3n) is 2.94. The lowest BCUT2D eigenvalue weighted by Gasteiger charge is -2.25. The molecule has 1 rings (SSSR count). The first-order valence-corrected chi connectivity index (χ1v) is 8.44. The van der Waals surface area contributed by atoms with E-state index in [-0.39, 0.29) is 10.1 Å².